The normalized spacial score (nSPS) is 24.4. The fourth-order valence-corrected chi connectivity index (χ4v) is 3.74. The molecule has 1 aromatic carbocycles. The average molecular weight is 321 g/mol. The Bertz CT molecular complexity index is 768. The number of carbonyl (C=O) groups is 1. The molecular weight excluding hydrogens is 298 g/mol. The van der Waals surface area contributed by atoms with Gasteiger partial charge in [0.1, 0.15) is 0 Å². The van der Waals surface area contributed by atoms with Crippen molar-refractivity contribution in [3.8, 4) is 0 Å². The van der Waals surface area contributed by atoms with Crippen LogP contribution < -0.4 is 5.32 Å². The number of nitrogens with one attached hydrogen (secondary N) is 1. The number of anilines is 1. The molecule has 2 saturated heterocycles. The van der Waals surface area contributed by atoms with Gasteiger partial charge in [-0.25, -0.2) is 0 Å². The van der Waals surface area contributed by atoms with E-state index in [0.717, 1.165) is 36.1 Å². The zero-order valence-electron chi connectivity index (χ0n) is 13.9. The summed E-state index contributed by atoms with van der Waals surface area (Å²) in [5, 5.41) is 4.04. The quantitative estimate of drug-likeness (QED) is 0.861. The van der Waals surface area contributed by atoms with E-state index in [1.165, 1.54) is 25.0 Å². The molecule has 4 heteroatoms. The van der Waals surface area contributed by atoms with Crippen LogP contribution in [0.4, 0.5) is 5.69 Å². The Balaban J connectivity index is 0.00000169. The molecule has 2 aromatic rings. The van der Waals surface area contributed by atoms with Crippen LogP contribution in [0.15, 0.2) is 48.2 Å². The second-order valence-corrected chi connectivity index (χ2v) is 6.51. The van der Waals surface area contributed by atoms with Gasteiger partial charge in [-0.05, 0) is 56.0 Å². The van der Waals surface area contributed by atoms with Crippen molar-refractivity contribution in [3.05, 3.63) is 55.6 Å². The first-order valence-electron chi connectivity index (χ1n) is 8.36. The zero-order chi connectivity index (χ0) is 15.6. The smallest absolute Gasteiger partial charge is 0.248 e. The van der Waals surface area contributed by atoms with Gasteiger partial charge in [0.05, 0.1) is 5.52 Å². The van der Waals surface area contributed by atoms with Gasteiger partial charge in [-0.2, -0.15) is 0 Å². The van der Waals surface area contributed by atoms with Crippen molar-refractivity contribution in [2.75, 3.05) is 25.0 Å². The Labute approximate surface area is 143 Å². The third-order valence-electron chi connectivity index (χ3n) is 4.93. The maximum atomic E-state index is 12.4. The van der Waals surface area contributed by atoms with Crippen LogP contribution in [0.1, 0.15) is 19.3 Å². The van der Waals surface area contributed by atoms with Gasteiger partial charge in [-0.1, -0.05) is 19.1 Å². The number of hydrogen-bond acceptors (Lipinski definition) is 3. The van der Waals surface area contributed by atoms with E-state index in [0.29, 0.717) is 5.92 Å². The first kappa shape index (κ1) is 16.7. The molecule has 0 saturated carbocycles. The minimum Gasteiger partial charge on any atom is -0.322 e. The maximum absolute atomic E-state index is 12.4. The monoisotopic (exact) mass is 321 g/mol. The topological polar surface area (TPSA) is 45.2 Å². The van der Waals surface area contributed by atoms with E-state index in [-0.39, 0.29) is 13.3 Å². The average Bonchev–Trinajstić information content (AvgIpc) is 2.58. The molecule has 24 heavy (non-hydrogen) atoms. The van der Waals surface area contributed by atoms with Crippen LogP contribution in [0.5, 0.6) is 0 Å². The van der Waals surface area contributed by atoms with Gasteiger partial charge in [0.25, 0.3) is 0 Å². The van der Waals surface area contributed by atoms with Crippen LogP contribution in [-0.4, -0.2) is 35.4 Å². The summed E-state index contributed by atoms with van der Waals surface area (Å²) in [6.07, 6.45) is 7.11. The molecule has 2 radical (unpaired) electrons. The van der Waals surface area contributed by atoms with Crippen molar-refractivity contribution < 1.29 is 4.79 Å². The molecule has 1 aromatic heterocycles. The minimum absolute atomic E-state index is 0. The van der Waals surface area contributed by atoms with Crippen molar-refractivity contribution in [1.82, 2.24) is 9.88 Å². The number of benzene rings is 1. The molecule has 1 amide bonds. The molecule has 4 rings (SSSR count). The summed E-state index contributed by atoms with van der Waals surface area (Å²) in [5.74, 6) is 0.561. The van der Waals surface area contributed by atoms with Gasteiger partial charge >= 0.3 is 0 Å². The van der Waals surface area contributed by atoms with E-state index < -0.39 is 0 Å². The molecule has 3 heterocycles. The van der Waals surface area contributed by atoms with Crippen molar-refractivity contribution >= 4 is 22.5 Å². The van der Waals surface area contributed by atoms with Crippen molar-refractivity contribution in [2.45, 2.75) is 19.3 Å². The summed E-state index contributed by atoms with van der Waals surface area (Å²) < 4.78 is 0. The Morgan fingerprint density at radius 3 is 3.12 bits per heavy atom. The van der Waals surface area contributed by atoms with Crippen LogP contribution in [0.25, 0.3) is 10.9 Å². The lowest BCUT2D eigenvalue weighted by atomic mass is 9.84. The number of fused-ring (bicyclic) bond motifs is 3. The summed E-state index contributed by atoms with van der Waals surface area (Å²) in [6, 6.07) is 9.75. The van der Waals surface area contributed by atoms with Crippen LogP contribution in [0, 0.1) is 13.3 Å². The minimum atomic E-state index is -0.0118. The maximum Gasteiger partial charge on any atom is 0.248 e. The summed E-state index contributed by atoms with van der Waals surface area (Å²) in [6.45, 7) is 3.44. The van der Waals surface area contributed by atoms with Gasteiger partial charge in [-0.3, -0.25) is 9.78 Å². The van der Waals surface area contributed by atoms with E-state index in [2.05, 4.69) is 15.2 Å². The molecule has 124 valence electrons. The number of aromatic nitrogens is 1. The Morgan fingerprint density at radius 1 is 1.29 bits per heavy atom. The summed E-state index contributed by atoms with van der Waals surface area (Å²) >= 11 is 0. The molecule has 2 bridgehead atoms. The SMILES string of the molecule is O=C(C=C1CCN2CCCC1C2)Nc1ccc2ncccc2c1.[CH2]. The van der Waals surface area contributed by atoms with Crippen molar-refractivity contribution in [3.63, 3.8) is 0 Å². The highest BCUT2D eigenvalue weighted by atomic mass is 16.1. The van der Waals surface area contributed by atoms with Gasteiger partial charge in [0.15, 0.2) is 0 Å². The number of hydrogen-bond donors (Lipinski definition) is 1. The largest absolute Gasteiger partial charge is 0.322 e. The Hall–Kier alpha value is -2.20. The second-order valence-electron chi connectivity index (χ2n) is 6.51. The van der Waals surface area contributed by atoms with Crippen LogP contribution >= 0.6 is 0 Å². The predicted octanol–water partition coefficient (Wildman–Crippen LogP) is 3.54. The molecule has 4 nitrogen and oxygen atoms in total. The highest BCUT2D eigenvalue weighted by molar-refractivity contribution is 6.01. The van der Waals surface area contributed by atoms with Crippen molar-refractivity contribution in [2.24, 2.45) is 5.92 Å². The third-order valence-corrected chi connectivity index (χ3v) is 4.93. The number of piperidine rings is 2. The standard InChI is InChI=1S/C19H21N3O.CH2/c23-19(12-14-7-10-22-9-2-4-16(14)13-22)21-17-5-6-18-15(11-17)3-1-8-20-18;/h1,3,5-6,8,11-12,16H,2,4,7,9-10,13H2,(H,21,23);1H2. The van der Waals surface area contributed by atoms with E-state index in [4.69, 9.17) is 0 Å². The predicted molar refractivity (Wildman–Crippen MR) is 97.6 cm³/mol. The Morgan fingerprint density at radius 2 is 2.21 bits per heavy atom. The summed E-state index contributed by atoms with van der Waals surface area (Å²) in [4.78, 5) is 19.2. The lowest BCUT2D eigenvalue weighted by molar-refractivity contribution is -0.112. The fourth-order valence-electron chi connectivity index (χ4n) is 3.74. The molecule has 2 aliphatic rings. The van der Waals surface area contributed by atoms with Crippen molar-refractivity contribution in [1.29, 1.82) is 0 Å². The Kier molecular flexibility index (Phi) is 4.95. The first-order valence-corrected chi connectivity index (χ1v) is 8.36. The van der Waals surface area contributed by atoms with E-state index in [1.54, 1.807) is 6.20 Å². The van der Waals surface area contributed by atoms with Gasteiger partial charge in [0.2, 0.25) is 5.91 Å². The number of nitrogens with zero attached hydrogens (tertiary/aromatic N) is 2. The van der Waals surface area contributed by atoms with Crippen LogP contribution in [-0.2, 0) is 4.79 Å². The molecule has 2 fully saturated rings. The van der Waals surface area contributed by atoms with E-state index in [1.807, 2.05) is 36.4 Å². The second kappa shape index (κ2) is 7.14. The molecule has 1 N–H and O–H groups in total. The molecular formula is C20H23N3O. The van der Waals surface area contributed by atoms with Crippen LogP contribution in [0.2, 0.25) is 0 Å². The number of carbonyl (C=O) groups excluding carboxylic acids is 1. The molecule has 2 aliphatic heterocycles. The lowest BCUT2D eigenvalue weighted by Crippen LogP contribution is -2.41. The highest BCUT2D eigenvalue weighted by Crippen LogP contribution is 2.30. The lowest BCUT2D eigenvalue weighted by Gasteiger charge is -2.39. The first-order chi connectivity index (χ1) is 11.3. The van der Waals surface area contributed by atoms with Gasteiger partial charge in [-0.15, -0.1) is 0 Å². The number of pyridine rings is 1. The molecule has 2 atom stereocenters. The van der Waals surface area contributed by atoms with Crippen LogP contribution in [0.3, 0.4) is 0 Å². The van der Waals surface area contributed by atoms with E-state index in [9.17, 15) is 4.79 Å². The van der Waals surface area contributed by atoms with Gasteiger partial charge in [0, 0.05) is 36.4 Å². The van der Waals surface area contributed by atoms with Gasteiger partial charge < -0.3 is 10.2 Å². The molecule has 2 unspecified atom stereocenters. The number of amides is 1. The highest BCUT2D eigenvalue weighted by Gasteiger charge is 2.27. The zero-order valence-corrected chi connectivity index (χ0v) is 13.9. The summed E-state index contributed by atoms with van der Waals surface area (Å²) in [5.41, 5.74) is 3.09. The van der Waals surface area contributed by atoms with E-state index >= 15 is 0 Å². The molecule has 0 aliphatic carbocycles. The number of rotatable bonds is 2. The fraction of sp³-hybridized carbons (Fsp3) is 0.350. The third kappa shape index (κ3) is 3.49. The summed E-state index contributed by atoms with van der Waals surface area (Å²) in [7, 11) is 0. The molecule has 0 spiro atoms.